The first-order chi connectivity index (χ1) is 14.1. The van der Waals surface area contributed by atoms with Crippen molar-refractivity contribution >= 4 is 22.8 Å². The first-order valence-corrected chi connectivity index (χ1v) is 9.30. The van der Waals surface area contributed by atoms with Gasteiger partial charge in [-0.25, -0.2) is 9.55 Å². The number of rotatable bonds is 6. The van der Waals surface area contributed by atoms with Crippen molar-refractivity contribution in [3.05, 3.63) is 101 Å². The van der Waals surface area contributed by atoms with Crippen LogP contribution in [0.3, 0.4) is 0 Å². The molecular weight excluding hydrogens is 364 g/mol. The molecule has 6 nitrogen and oxygen atoms in total. The van der Waals surface area contributed by atoms with E-state index in [-0.39, 0.29) is 11.5 Å². The third-order valence-corrected chi connectivity index (χ3v) is 4.72. The van der Waals surface area contributed by atoms with Gasteiger partial charge in [0.05, 0.1) is 16.6 Å². The van der Waals surface area contributed by atoms with E-state index < -0.39 is 11.9 Å². The number of fused-ring (bicyclic) bond motifs is 1. The van der Waals surface area contributed by atoms with Gasteiger partial charge in [-0.1, -0.05) is 60.7 Å². The summed E-state index contributed by atoms with van der Waals surface area (Å²) in [7, 11) is 0. The van der Waals surface area contributed by atoms with Crippen LogP contribution in [-0.2, 0) is 11.2 Å². The fourth-order valence-electron chi connectivity index (χ4n) is 3.27. The molecule has 0 aliphatic heterocycles. The van der Waals surface area contributed by atoms with E-state index in [1.54, 1.807) is 18.2 Å². The molecule has 29 heavy (non-hydrogen) atoms. The summed E-state index contributed by atoms with van der Waals surface area (Å²) in [5, 5.41) is 3.60. The van der Waals surface area contributed by atoms with Crippen LogP contribution in [0.2, 0.25) is 0 Å². The van der Waals surface area contributed by atoms with E-state index in [4.69, 9.17) is 5.73 Å². The maximum absolute atomic E-state index is 13.2. The van der Waals surface area contributed by atoms with E-state index >= 15 is 0 Å². The highest BCUT2D eigenvalue weighted by molar-refractivity contribution is 5.84. The van der Waals surface area contributed by atoms with Crippen LogP contribution in [0.25, 0.3) is 16.6 Å². The van der Waals surface area contributed by atoms with Gasteiger partial charge in [0.15, 0.2) is 0 Å². The topological polar surface area (TPSA) is 90.0 Å². The van der Waals surface area contributed by atoms with Crippen molar-refractivity contribution in [3.8, 4) is 5.69 Å². The minimum absolute atomic E-state index is 0.216. The van der Waals surface area contributed by atoms with E-state index in [9.17, 15) is 9.59 Å². The molecule has 0 spiro atoms. The Labute approximate surface area is 167 Å². The Kier molecular flexibility index (Phi) is 5.07. The highest BCUT2D eigenvalue weighted by atomic mass is 16.1. The second-order valence-electron chi connectivity index (χ2n) is 6.72. The van der Waals surface area contributed by atoms with Crippen LogP contribution in [0.5, 0.6) is 0 Å². The molecule has 144 valence electrons. The number of nitrogens with one attached hydrogen (secondary N) is 1. The second-order valence-corrected chi connectivity index (χ2v) is 6.72. The zero-order chi connectivity index (χ0) is 20.2. The monoisotopic (exact) mass is 384 g/mol. The Bertz CT molecular complexity index is 1200. The van der Waals surface area contributed by atoms with Crippen LogP contribution >= 0.6 is 0 Å². The van der Waals surface area contributed by atoms with Crippen molar-refractivity contribution in [2.45, 2.75) is 12.5 Å². The normalized spacial score (nSPS) is 11.9. The summed E-state index contributed by atoms with van der Waals surface area (Å²) in [6, 6.07) is 25.2. The Balaban J connectivity index is 1.83. The first kappa shape index (κ1) is 18.4. The lowest BCUT2D eigenvalue weighted by atomic mass is 10.1. The molecule has 0 radical (unpaired) electrons. The van der Waals surface area contributed by atoms with Crippen LogP contribution in [0.4, 0.5) is 5.95 Å². The third kappa shape index (κ3) is 3.87. The minimum Gasteiger partial charge on any atom is -0.368 e. The summed E-state index contributed by atoms with van der Waals surface area (Å²) in [6.07, 6.45) is 0.383. The van der Waals surface area contributed by atoms with Crippen molar-refractivity contribution in [1.82, 2.24) is 9.55 Å². The molecule has 0 aliphatic rings. The Hall–Kier alpha value is -3.93. The zero-order valence-electron chi connectivity index (χ0n) is 15.7. The van der Waals surface area contributed by atoms with Gasteiger partial charge in [-0.3, -0.25) is 9.59 Å². The molecule has 1 aromatic heterocycles. The molecule has 3 aromatic carbocycles. The number of para-hydroxylation sites is 2. The smallest absolute Gasteiger partial charge is 0.267 e. The fourth-order valence-corrected chi connectivity index (χ4v) is 3.27. The fraction of sp³-hybridized carbons (Fsp3) is 0.0870. The van der Waals surface area contributed by atoms with Gasteiger partial charge in [0.2, 0.25) is 11.9 Å². The Morgan fingerprint density at radius 1 is 0.931 bits per heavy atom. The molecule has 0 saturated heterocycles. The van der Waals surface area contributed by atoms with Crippen LogP contribution in [0.1, 0.15) is 5.56 Å². The van der Waals surface area contributed by atoms with E-state index in [0.717, 1.165) is 5.56 Å². The molecule has 1 unspecified atom stereocenters. The summed E-state index contributed by atoms with van der Waals surface area (Å²) in [6.45, 7) is 0. The van der Waals surface area contributed by atoms with E-state index in [1.165, 1.54) is 4.57 Å². The van der Waals surface area contributed by atoms with Gasteiger partial charge in [0.25, 0.3) is 5.56 Å². The molecular formula is C23H20N4O2. The number of benzene rings is 3. The zero-order valence-corrected chi connectivity index (χ0v) is 15.7. The number of hydrogen-bond donors (Lipinski definition) is 2. The van der Waals surface area contributed by atoms with E-state index in [2.05, 4.69) is 10.3 Å². The van der Waals surface area contributed by atoms with Gasteiger partial charge in [0.1, 0.15) is 6.04 Å². The number of aromatic nitrogens is 2. The number of anilines is 1. The number of nitrogens with two attached hydrogens (primary N) is 1. The van der Waals surface area contributed by atoms with Crippen LogP contribution in [0, 0.1) is 0 Å². The summed E-state index contributed by atoms with van der Waals surface area (Å²) >= 11 is 0. The summed E-state index contributed by atoms with van der Waals surface area (Å²) in [4.78, 5) is 30.0. The van der Waals surface area contributed by atoms with Crippen molar-refractivity contribution < 1.29 is 4.79 Å². The van der Waals surface area contributed by atoms with Crippen LogP contribution in [-0.4, -0.2) is 21.5 Å². The maximum atomic E-state index is 13.2. The molecule has 0 fully saturated rings. The van der Waals surface area contributed by atoms with Crippen molar-refractivity contribution in [2.24, 2.45) is 5.73 Å². The third-order valence-electron chi connectivity index (χ3n) is 4.72. The van der Waals surface area contributed by atoms with Crippen LogP contribution < -0.4 is 16.6 Å². The van der Waals surface area contributed by atoms with E-state index in [1.807, 2.05) is 66.7 Å². The predicted molar refractivity (Wildman–Crippen MR) is 114 cm³/mol. The molecule has 1 atom stereocenters. The molecule has 4 aromatic rings. The SMILES string of the molecule is NC(=O)C(Cc1ccccc1)Nc1nc2ccccc2c(=O)n1-c1ccccc1. The number of nitrogens with zero attached hydrogens (tertiary/aromatic N) is 2. The number of carbonyl (C=O) groups excluding carboxylic acids is 1. The highest BCUT2D eigenvalue weighted by Crippen LogP contribution is 2.17. The maximum Gasteiger partial charge on any atom is 0.267 e. The number of carbonyl (C=O) groups is 1. The van der Waals surface area contributed by atoms with Gasteiger partial charge < -0.3 is 11.1 Å². The molecule has 3 N–H and O–H groups in total. The lowest BCUT2D eigenvalue weighted by Crippen LogP contribution is -2.39. The average molecular weight is 384 g/mol. The molecule has 6 heteroatoms. The van der Waals surface area contributed by atoms with Gasteiger partial charge in [-0.15, -0.1) is 0 Å². The largest absolute Gasteiger partial charge is 0.368 e. The number of amides is 1. The van der Waals surface area contributed by atoms with Crippen molar-refractivity contribution in [3.63, 3.8) is 0 Å². The average Bonchev–Trinajstić information content (AvgIpc) is 2.75. The number of primary amides is 1. The lowest BCUT2D eigenvalue weighted by Gasteiger charge is -2.20. The minimum atomic E-state index is -0.722. The first-order valence-electron chi connectivity index (χ1n) is 9.30. The Morgan fingerprint density at radius 2 is 1.55 bits per heavy atom. The highest BCUT2D eigenvalue weighted by Gasteiger charge is 2.20. The summed E-state index contributed by atoms with van der Waals surface area (Å²) in [5.74, 6) is -0.240. The molecule has 1 amide bonds. The second kappa shape index (κ2) is 7.98. The predicted octanol–water partition coefficient (Wildman–Crippen LogP) is 2.89. The van der Waals surface area contributed by atoms with Gasteiger partial charge in [0, 0.05) is 6.42 Å². The molecule has 0 aliphatic carbocycles. The molecule has 4 rings (SSSR count). The molecule has 1 heterocycles. The molecule has 0 bridgehead atoms. The van der Waals surface area contributed by atoms with E-state index in [0.29, 0.717) is 23.0 Å². The quantitative estimate of drug-likeness (QED) is 0.535. The lowest BCUT2D eigenvalue weighted by molar-refractivity contribution is -0.118. The van der Waals surface area contributed by atoms with Gasteiger partial charge in [-0.05, 0) is 29.8 Å². The molecule has 0 saturated carbocycles. The van der Waals surface area contributed by atoms with Crippen molar-refractivity contribution in [1.29, 1.82) is 0 Å². The standard InChI is InChI=1S/C23H20N4O2/c24-21(28)20(15-16-9-3-1-4-10-16)26-23-25-19-14-8-7-13-18(19)22(29)27(23)17-11-5-2-6-12-17/h1-14,20H,15H2,(H2,24,28)(H,25,26). The number of hydrogen-bond acceptors (Lipinski definition) is 4. The van der Waals surface area contributed by atoms with Gasteiger partial charge >= 0.3 is 0 Å². The van der Waals surface area contributed by atoms with Crippen molar-refractivity contribution in [2.75, 3.05) is 5.32 Å². The summed E-state index contributed by atoms with van der Waals surface area (Å²) in [5.41, 5.74) is 7.60. The van der Waals surface area contributed by atoms with Gasteiger partial charge in [-0.2, -0.15) is 0 Å². The van der Waals surface area contributed by atoms with Crippen LogP contribution in [0.15, 0.2) is 89.7 Å². The Morgan fingerprint density at radius 3 is 2.24 bits per heavy atom. The summed E-state index contributed by atoms with van der Waals surface area (Å²) < 4.78 is 1.48.